The first-order valence-electron chi connectivity index (χ1n) is 6.48. The highest BCUT2D eigenvalue weighted by molar-refractivity contribution is 5.33. The lowest BCUT2D eigenvalue weighted by Crippen LogP contribution is -2.32. The Morgan fingerprint density at radius 2 is 1.47 bits per heavy atom. The quantitative estimate of drug-likeness (QED) is 0.797. The van der Waals surface area contributed by atoms with E-state index in [0.717, 1.165) is 0 Å². The van der Waals surface area contributed by atoms with Crippen molar-refractivity contribution in [2.24, 2.45) is 0 Å². The molecule has 0 aliphatic heterocycles. The molecular formula is C15H24O4. The van der Waals surface area contributed by atoms with Crippen molar-refractivity contribution in [1.82, 2.24) is 0 Å². The number of aliphatic hydroxyl groups is 2. The van der Waals surface area contributed by atoms with Crippen LogP contribution in [0.1, 0.15) is 34.1 Å². The molecule has 0 aliphatic carbocycles. The van der Waals surface area contributed by atoms with E-state index in [2.05, 4.69) is 0 Å². The molecule has 0 saturated heterocycles. The van der Waals surface area contributed by atoms with Gasteiger partial charge in [0.05, 0.1) is 6.61 Å². The van der Waals surface area contributed by atoms with Crippen molar-refractivity contribution < 1.29 is 19.7 Å². The van der Waals surface area contributed by atoms with Gasteiger partial charge in [0.1, 0.15) is 22.7 Å². The third-order valence-corrected chi connectivity index (χ3v) is 2.69. The van der Waals surface area contributed by atoms with Gasteiger partial charge in [0.15, 0.2) is 0 Å². The molecule has 19 heavy (non-hydrogen) atoms. The molecule has 0 amide bonds. The monoisotopic (exact) mass is 268 g/mol. The van der Waals surface area contributed by atoms with E-state index in [-0.39, 0.29) is 13.2 Å². The fourth-order valence-electron chi connectivity index (χ4n) is 1.59. The predicted molar refractivity (Wildman–Crippen MR) is 74.6 cm³/mol. The van der Waals surface area contributed by atoms with Crippen molar-refractivity contribution >= 4 is 0 Å². The summed E-state index contributed by atoms with van der Waals surface area (Å²) in [6, 6.07) is 7.30. The van der Waals surface area contributed by atoms with Gasteiger partial charge in [0.2, 0.25) is 0 Å². The van der Waals surface area contributed by atoms with Crippen LogP contribution in [0.25, 0.3) is 0 Å². The van der Waals surface area contributed by atoms with Crippen LogP contribution in [0.3, 0.4) is 0 Å². The Balaban J connectivity index is 2.77. The van der Waals surface area contributed by atoms with Crippen LogP contribution in [0.4, 0.5) is 0 Å². The summed E-state index contributed by atoms with van der Waals surface area (Å²) in [6.45, 7) is 7.50. The topological polar surface area (TPSA) is 58.9 Å². The van der Waals surface area contributed by atoms with Crippen molar-refractivity contribution in [3.05, 3.63) is 24.3 Å². The van der Waals surface area contributed by atoms with Crippen LogP contribution in [0.2, 0.25) is 0 Å². The lowest BCUT2D eigenvalue weighted by atomic mass is 10.1. The Morgan fingerprint density at radius 1 is 0.947 bits per heavy atom. The van der Waals surface area contributed by atoms with Crippen LogP contribution in [0, 0.1) is 0 Å². The largest absolute Gasteiger partial charge is 0.488 e. The SMILES string of the molecule is CC(C)(CO)Oc1cccc(OC(C)(C)CCO)c1. The Morgan fingerprint density at radius 3 is 1.95 bits per heavy atom. The van der Waals surface area contributed by atoms with Crippen molar-refractivity contribution in [3.63, 3.8) is 0 Å². The van der Waals surface area contributed by atoms with Gasteiger partial charge in [0.25, 0.3) is 0 Å². The van der Waals surface area contributed by atoms with Gasteiger partial charge in [-0.15, -0.1) is 0 Å². The van der Waals surface area contributed by atoms with E-state index in [1.807, 2.05) is 45.9 Å². The Labute approximate surface area is 115 Å². The minimum Gasteiger partial charge on any atom is -0.488 e. The molecular weight excluding hydrogens is 244 g/mol. The molecule has 1 rings (SSSR count). The summed E-state index contributed by atoms with van der Waals surface area (Å²) in [5.41, 5.74) is -1.06. The van der Waals surface area contributed by atoms with Crippen molar-refractivity contribution in [3.8, 4) is 11.5 Å². The zero-order valence-electron chi connectivity index (χ0n) is 12.1. The minimum atomic E-state index is -0.626. The smallest absolute Gasteiger partial charge is 0.126 e. The molecule has 0 bridgehead atoms. The van der Waals surface area contributed by atoms with E-state index in [9.17, 15) is 5.11 Å². The van der Waals surface area contributed by atoms with Gasteiger partial charge in [-0.2, -0.15) is 0 Å². The molecule has 4 nitrogen and oxygen atoms in total. The van der Waals surface area contributed by atoms with Gasteiger partial charge in [-0.1, -0.05) is 6.07 Å². The molecule has 0 aliphatic rings. The van der Waals surface area contributed by atoms with E-state index in [1.165, 1.54) is 0 Å². The molecule has 0 heterocycles. The first kappa shape index (κ1) is 15.8. The maximum Gasteiger partial charge on any atom is 0.126 e. The zero-order chi connectivity index (χ0) is 14.5. The Hall–Kier alpha value is -1.26. The van der Waals surface area contributed by atoms with Crippen LogP contribution < -0.4 is 9.47 Å². The van der Waals surface area contributed by atoms with Gasteiger partial charge >= 0.3 is 0 Å². The first-order chi connectivity index (χ1) is 8.78. The number of aliphatic hydroxyl groups excluding tert-OH is 2. The molecule has 1 aromatic carbocycles. The molecule has 1 aromatic rings. The maximum absolute atomic E-state index is 9.20. The van der Waals surface area contributed by atoms with Crippen LogP contribution in [0.15, 0.2) is 24.3 Å². The number of hydrogen-bond acceptors (Lipinski definition) is 4. The molecule has 0 radical (unpaired) electrons. The molecule has 108 valence electrons. The second kappa shape index (κ2) is 6.26. The fourth-order valence-corrected chi connectivity index (χ4v) is 1.59. The first-order valence-corrected chi connectivity index (χ1v) is 6.48. The Kier molecular flexibility index (Phi) is 5.20. The summed E-state index contributed by atoms with van der Waals surface area (Å²) >= 11 is 0. The highest BCUT2D eigenvalue weighted by Crippen LogP contribution is 2.27. The summed E-state index contributed by atoms with van der Waals surface area (Å²) in [5.74, 6) is 1.33. The van der Waals surface area contributed by atoms with Crippen LogP contribution >= 0.6 is 0 Å². The van der Waals surface area contributed by atoms with Crippen LogP contribution in [0.5, 0.6) is 11.5 Å². The van der Waals surface area contributed by atoms with Crippen molar-refractivity contribution in [2.75, 3.05) is 13.2 Å². The molecule has 4 heteroatoms. The maximum atomic E-state index is 9.20. The molecule has 0 spiro atoms. The summed E-state index contributed by atoms with van der Waals surface area (Å²) in [6.07, 6.45) is 0.556. The van der Waals surface area contributed by atoms with Gasteiger partial charge in [-0.3, -0.25) is 0 Å². The standard InChI is InChI=1S/C15H24O4/c1-14(2,8-9-16)18-12-6-5-7-13(10-12)19-15(3,4)11-17/h5-7,10,16-17H,8-9,11H2,1-4H3. The number of rotatable bonds is 7. The average Bonchev–Trinajstić information content (AvgIpc) is 2.28. The molecule has 2 N–H and O–H groups in total. The van der Waals surface area contributed by atoms with Crippen molar-refractivity contribution in [1.29, 1.82) is 0 Å². The van der Waals surface area contributed by atoms with E-state index < -0.39 is 11.2 Å². The summed E-state index contributed by atoms with van der Waals surface area (Å²) in [7, 11) is 0. The van der Waals surface area contributed by atoms with Crippen molar-refractivity contribution in [2.45, 2.75) is 45.3 Å². The number of benzene rings is 1. The highest BCUT2D eigenvalue weighted by atomic mass is 16.5. The summed E-state index contributed by atoms with van der Waals surface area (Å²) in [4.78, 5) is 0. The van der Waals surface area contributed by atoms with E-state index >= 15 is 0 Å². The number of hydrogen-bond donors (Lipinski definition) is 2. The second-order valence-corrected chi connectivity index (χ2v) is 5.83. The molecule has 0 fully saturated rings. The molecule has 0 atom stereocenters. The minimum absolute atomic E-state index is 0.0614. The highest BCUT2D eigenvalue weighted by Gasteiger charge is 2.21. The summed E-state index contributed by atoms with van der Waals surface area (Å²) in [5, 5.41) is 18.2. The van der Waals surface area contributed by atoms with E-state index in [4.69, 9.17) is 14.6 Å². The number of ether oxygens (including phenoxy) is 2. The van der Waals surface area contributed by atoms with E-state index in [0.29, 0.717) is 17.9 Å². The fraction of sp³-hybridized carbons (Fsp3) is 0.600. The normalized spacial score (nSPS) is 12.3. The summed E-state index contributed by atoms with van der Waals surface area (Å²) < 4.78 is 11.5. The third-order valence-electron chi connectivity index (χ3n) is 2.69. The molecule has 0 unspecified atom stereocenters. The third kappa shape index (κ3) is 5.49. The second-order valence-electron chi connectivity index (χ2n) is 5.83. The Bertz CT molecular complexity index is 399. The van der Waals surface area contributed by atoms with Gasteiger partial charge in [-0.05, 0) is 39.8 Å². The van der Waals surface area contributed by atoms with Gasteiger partial charge in [-0.25, -0.2) is 0 Å². The average molecular weight is 268 g/mol. The molecule has 0 saturated carbocycles. The van der Waals surface area contributed by atoms with Crippen LogP contribution in [-0.4, -0.2) is 34.6 Å². The zero-order valence-corrected chi connectivity index (χ0v) is 12.1. The predicted octanol–water partition coefficient (Wildman–Crippen LogP) is 2.38. The lowest BCUT2D eigenvalue weighted by molar-refractivity contribution is 0.0401. The van der Waals surface area contributed by atoms with Crippen LogP contribution in [-0.2, 0) is 0 Å². The lowest BCUT2D eigenvalue weighted by Gasteiger charge is -2.27. The molecule has 0 aromatic heterocycles. The van der Waals surface area contributed by atoms with Gasteiger partial charge < -0.3 is 19.7 Å². The van der Waals surface area contributed by atoms with Gasteiger partial charge in [0, 0.05) is 19.1 Å². The van der Waals surface area contributed by atoms with E-state index in [1.54, 1.807) is 6.07 Å².